The second-order valence-corrected chi connectivity index (χ2v) is 8.39. The fourth-order valence-electron chi connectivity index (χ4n) is 3.19. The van der Waals surface area contributed by atoms with Crippen LogP contribution >= 0.6 is 23.1 Å². The summed E-state index contributed by atoms with van der Waals surface area (Å²) in [6.07, 6.45) is 2.39. The standard InChI is InChI=1S/C20H20FN3OS2/c1-26-16-6-7-17-18(13-16)27-20(22-17)24-10-8-23(9-11-24)19(25)12-14-2-4-15(21)5-3-14/h2-7,13H,8-12H2,1H3. The maximum absolute atomic E-state index is 13.0. The van der Waals surface area contributed by atoms with E-state index in [1.165, 1.54) is 21.7 Å². The Morgan fingerprint density at radius 2 is 1.89 bits per heavy atom. The smallest absolute Gasteiger partial charge is 0.227 e. The van der Waals surface area contributed by atoms with Crippen molar-refractivity contribution in [3.05, 3.63) is 53.8 Å². The van der Waals surface area contributed by atoms with Crippen LogP contribution < -0.4 is 4.90 Å². The molecule has 7 heteroatoms. The van der Waals surface area contributed by atoms with Gasteiger partial charge in [-0.1, -0.05) is 23.5 Å². The highest BCUT2D eigenvalue weighted by Gasteiger charge is 2.23. The molecule has 0 bridgehead atoms. The monoisotopic (exact) mass is 401 g/mol. The van der Waals surface area contributed by atoms with Gasteiger partial charge in [-0.25, -0.2) is 9.37 Å². The molecule has 4 nitrogen and oxygen atoms in total. The molecule has 1 aliphatic heterocycles. The molecule has 0 spiro atoms. The number of carbonyl (C=O) groups is 1. The first-order valence-electron chi connectivity index (χ1n) is 8.84. The van der Waals surface area contributed by atoms with Crippen molar-refractivity contribution in [2.45, 2.75) is 11.3 Å². The second-order valence-electron chi connectivity index (χ2n) is 6.50. The average Bonchev–Trinajstić information content (AvgIpc) is 3.13. The molecule has 2 heterocycles. The number of amides is 1. The third-order valence-corrected chi connectivity index (χ3v) is 6.56. The minimum atomic E-state index is -0.278. The Labute approximate surface area is 166 Å². The van der Waals surface area contributed by atoms with Gasteiger partial charge in [-0.05, 0) is 42.2 Å². The van der Waals surface area contributed by atoms with Crippen molar-refractivity contribution in [2.75, 3.05) is 37.3 Å². The molecule has 1 aromatic heterocycles. The third-order valence-electron chi connectivity index (χ3n) is 4.76. The molecular weight excluding hydrogens is 381 g/mol. The predicted molar refractivity (Wildman–Crippen MR) is 110 cm³/mol. The maximum atomic E-state index is 13.0. The van der Waals surface area contributed by atoms with Crippen LogP contribution in [0.5, 0.6) is 0 Å². The molecule has 140 valence electrons. The lowest BCUT2D eigenvalue weighted by atomic mass is 10.1. The summed E-state index contributed by atoms with van der Waals surface area (Å²) in [5, 5.41) is 1.02. The number of benzene rings is 2. The van der Waals surface area contributed by atoms with Crippen LogP contribution in [0.15, 0.2) is 47.4 Å². The van der Waals surface area contributed by atoms with Crippen molar-refractivity contribution < 1.29 is 9.18 Å². The number of hydrogen-bond donors (Lipinski definition) is 0. The number of fused-ring (bicyclic) bond motifs is 1. The summed E-state index contributed by atoms with van der Waals surface area (Å²) in [6, 6.07) is 12.5. The average molecular weight is 402 g/mol. The molecule has 3 aromatic rings. The van der Waals surface area contributed by atoms with E-state index in [2.05, 4.69) is 29.4 Å². The zero-order valence-corrected chi connectivity index (χ0v) is 16.7. The van der Waals surface area contributed by atoms with E-state index >= 15 is 0 Å². The van der Waals surface area contributed by atoms with Gasteiger partial charge in [0.25, 0.3) is 0 Å². The number of hydrogen-bond acceptors (Lipinski definition) is 5. The summed E-state index contributed by atoms with van der Waals surface area (Å²) >= 11 is 3.44. The van der Waals surface area contributed by atoms with Crippen molar-refractivity contribution in [3.8, 4) is 0 Å². The van der Waals surface area contributed by atoms with E-state index in [1.54, 1.807) is 35.2 Å². The van der Waals surface area contributed by atoms with Gasteiger partial charge in [0, 0.05) is 31.1 Å². The number of thiazole rings is 1. The van der Waals surface area contributed by atoms with Gasteiger partial charge in [-0.3, -0.25) is 4.79 Å². The minimum Gasteiger partial charge on any atom is -0.345 e. The minimum absolute atomic E-state index is 0.0928. The summed E-state index contributed by atoms with van der Waals surface area (Å²) in [6.45, 7) is 2.94. The van der Waals surface area contributed by atoms with Crippen molar-refractivity contribution >= 4 is 44.4 Å². The van der Waals surface area contributed by atoms with Gasteiger partial charge in [0.1, 0.15) is 5.82 Å². The van der Waals surface area contributed by atoms with E-state index in [9.17, 15) is 9.18 Å². The third kappa shape index (κ3) is 4.09. The van der Waals surface area contributed by atoms with Gasteiger partial charge in [0.2, 0.25) is 5.91 Å². The van der Waals surface area contributed by atoms with Crippen molar-refractivity contribution in [1.29, 1.82) is 0 Å². The van der Waals surface area contributed by atoms with Gasteiger partial charge >= 0.3 is 0 Å². The first-order valence-corrected chi connectivity index (χ1v) is 10.9. The molecule has 1 fully saturated rings. The molecule has 1 aliphatic rings. The van der Waals surface area contributed by atoms with Crippen LogP contribution in [-0.4, -0.2) is 48.2 Å². The van der Waals surface area contributed by atoms with Crippen LogP contribution in [0.1, 0.15) is 5.56 Å². The molecule has 0 saturated carbocycles. The molecule has 0 unspecified atom stereocenters. The Hall–Kier alpha value is -2.12. The number of nitrogens with zero attached hydrogens (tertiary/aromatic N) is 3. The van der Waals surface area contributed by atoms with Gasteiger partial charge < -0.3 is 9.80 Å². The molecule has 0 aliphatic carbocycles. The molecule has 1 saturated heterocycles. The van der Waals surface area contributed by atoms with Crippen LogP contribution in [-0.2, 0) is 11.2 Å². The van der Waals surface area contributed by atoms with Gasteiger partial charge in [-0.2, -0.15) is 0 Å². The van der Waals surface area contributed by atoms with Crippen LogP contribution in [0.25, 0.3) is 10.2 Å². The zero-order valence-electron chi connectivity index (χ0n) is 15.0. The first-order chi connectivity index (χ1) is 13.1. The lowest BCUT2D eigenvalue weighted by Crippen LogP contribution is -2.49. The number of thioether (sulfide) groups is 1. The van der Waals surface area contributed by atoms with Crippen LogP contribution in [0.2, 0.25) is 0 Å². The summed E-state index contributed by atoms with van der Waals surface area (Å²) in [7, 11) is 0. The molecule has 0 N–H and O–H groups in total. The lowest BCUT2D eigenvalue weighted by Gasteiger charge is -2.34. The molecule has 1 amide bonds. The number of aromatic nitrogens is 1. The van der Waals surface area contributed by atoms with E-state index < -0.39 is 0 Å². The Morgan fingerprint density at radius 1 is 1.15 bits per heavy atom. The van der Waals surface area contributed by atoms with E-state index in [4.69, 9.17) is 4.98 Å². The first kappa shape index (κ1) is 18.3. The highest BCUT2D eigenvalue weighted by atomic mass is 32.2. The molecule has 27 heavy (non-hydrogen) atoms. The largest absolute Gasteiger partial charge is 0.345 e. The highest BCUT2D eigenvalue weighted by Crippen LogP contribution is 2.32. The summed E-state index contributed by atoms with van der Waals surface area (Å²) in [5.41, 5.74) is 1.88. The maximum Gasteiger partial charge on any atom is 0.227 e. The Kier molecular flexibility index (Phi) is 5.31. The van der Waals surface area contributed by atoms with E-state index in [0.717, 1.165) is 29.3 Å². The fraction of sp³-hybridized carbons (Fsp3) is 0.300. The van der Waals surface area contributed by atoms with Crippen LogP contribution in [0, 0.1) is 5.82 Å². The normalized spacial score (nSPS) is 14.7. The Balaban J connectivity index is 1.38. The number of carbonyl (C=O) groups excluding carboxylic acids is 1. The van der Waals surface area contributed by atoms with Crippen molar-refractivity contribution in [2.24, 2.45) is 0 Å². The van der Waals surface area contributed by atoms with Gasteiger partial charge in [0.15, 0.2) is 5.13 Å². The zero-order chi connectivity index (χ0) is 18.8. The highest BCUT2D eigenvalue weighted by molar-refractivity contribution is 7.98. The van der Waals surface area contributed by atoms with Crippen LogP contribution in [0.3, 0.4) is 0 Å². The SMILES string of the molecule is CSc1ccc2nc(N3CCN(C(=O)Cc4ccc(F)cc4)CC3)sc2c1. The second kappa shape index (κ2) is 7.86. The topological polar surface area (TPSA) is 36.4 Å². The number of piperazine rings is 1. The van der Waals surface area contributed by atoms with E-state index in [0.29, 0.717) is 19.5 Å². The van der Waals surface area contributed by atoms with Gasteiger partial charge in [-0.15, -0.1) is 11.8 Å². The summed E-state index contributed by atoms with van der Waals surface area (Å²) in [4.78, 5) is 22.6. The van der Waals surface area contributed by atoms with Crippen molar-refractivity contribution in [3.63, 3.8) is 0 Å². The predicted octanol–water partition coefficient (Wildman–Crippen LogP) is 4.05. The molecule has 0 radical (unpaired) electrons. The number of anilines is 1. The molecule has 4 rings (SSSR count). The van der Waals surface area contributed by atoms with Crippen LogP contribution in [0.4, 0.5) is 9.52 Å². The Bertz CT molecular complexity index is 950. The van der Waals surface area contributed by atoms with E-state index in [1.807, 2.05) is 4.90 Å². The molecule has 0 atom stereocenters. The number of rotatable bonds is 4. The summed E-state index contributed by atoms with van der Waals surface area (Å²) < 4.78 is 14.2. The fourth-order valence-corrected chi connectivity index (χ4v) is 4.76. The molecule has 2 aromatic carbocycles. The number of halogens is 1. The van der Waals surface area contributed by atoms with E-state index in [-0.39, 0.29) is 11.7 Å². The Morgan fingerprint density at radius 3 is 2.59 bits per heavy atom. The quantitative estimate of drug-likeness (QED) is 0.618. The molecular formula is C20H20FN3OS2. The lowest BCUT2D eigenvalue weighted by molar-refractivity contribution is -0.130. The van der Waals surface area contributed by atoms with Gasteiger partial charge in [0.05, 0.1) is 16.6 Å². The summed E-state index contributed by atoms with van der Waals surface area (Å²) in [5.74, 6) is -0.185. The van der Waals surface area contributed by atoms with Crippen molar-refractivity contribution in [1.82, 2.24) is 9.88 Å².